The van der Waals surface area contributed by atoms with Crippen LogP contribution in [0.2, 0.25) is 0 Å². The number of rotatable bonds is 5. The van der Waals surface area contributed by atoms with Crippen molar-refractivity contribution in [3.05, 3.63) is 34.7 Å². The predicted molar refractivity (Wildman–Crippen MR) is 79.5 cm³/mol. The summed E-state index contributed by atoms with van der Waals surface area (Å²) in [5.41, 5.74) is 0.356. The highest BCUT2D eigenvalue weighted by atomic mass is 79.9. The first kappa shape index (κ1) is 14.9. The summed E-state index contributed by atoms with van der Waals surface area (Å²) >= 11 is 3.29. The number of anilines is 1. The average Bonchev–Trinajstić information content (AvgIpc) is 2.88. The van der Waals surface area contributed by atoms with Crippen LogP contribution in [0.15, 0.2) is 33.9 Å². The Morgan fingerprint density at radius 2 is 2.20 bits per heavy atom. The minimum absolute atomic E-state index is 0.0244. The van der Waals surface area contributed by atoms with Crippen LogP contribution in [-0.4, -0.2) is 25.5 Å². The number of hydrogen-bond acceptors (Lipinski definition) is 4. The number of halogens is 1. The molecule has 0 amide bonds. The molecule has 0 fully saturated rings. The maximum Gasteiger partial charge on any atom is 0.279 e. The van der Waals surface area contributed by atoms with Crippen molar-refractivity contribution in [2.45, 2.75) is 18.4 Å². The van der Waals surface area contributed by atoms with Crippen molar-refractivity contribution in [2.24, 2.45) is 0 Å². The Morgan fingerprint density at radius 3 is 2.80 bits per heavy atom. The van der Waals surface area contributed by atoms with Gasteiger partial charge in [-0.25, -0.2) is 4.98 Å². The van der Waals surface area contributed by atoms with Gasteiger partial charge in [-0.15, -0.1) is 0 Å². The lowest BCUT2D eigenvalue weighted by molar-refractivity contribution is 0.417. The first-order chi connectivity index (χ1) is 9.46. The number of benzene rings is 1. The highest BCUT2D eigenvalue weighted by molar-refractivity contribution is 9.10. The van der Waals surface area contributed by atoms with Crippen LogP contribution in [0.4, 0.5) is 5.69 Å². The number of imidazole rings is 1. The zero-order chi connectivity index (χ0) is 14.8. The Balaban J connectivity index is 2.35. The van der Waals surface area contributed by atoms with Crippen LogP contribution in [0.25, 0.3) is 0 Å². The molecule has 0 saturated carbocycles. The number of sulfonamides is 1. The fourth-order valence-corrected chi connectivity index (χ4v) is 2.98. The molecule has 20 heavy (non-hydrogen) atoms. The third kappa shape index (κ3) is 3.13. The fraction of sp³-hybridized carbons (Fsp3) is 0.250. The van der Waals surface area contributed by atoms with E-state index in [4.69, 9.17) is 4.74 Å². The molecule has 0 spiro atoms. The van der Waals surface area contributed by atoms with Gasteiger partial charge in [0.05, 0.1) is 19.0 Å². The van der Waals surface area contributed by atoms with E-state index in [1.807, 2.05) is 6.92 Å². The van der Waals surface area contributed by atoms with Crippen LogP contribution in [0.1, 0.15) is 12.7 Å². The van der Waals surface area contributed by atoms with Crippen molar-refractivity contribution in [1.29, 1.82) is 0 Å². The highest BCUT2D eigenvalue weighted by Gasteiger charge is 2.19. The smallest absolute Gasteiger partial charge is 0.279 e. The second kappa shape index (κ2) is 5.84. The second-order valence-corrected chi connectivity index (χ2v) is 6.56. The zero-order valence-corrected chi connectivity index (χ0v) is 13.4. The van der Waals surface area contributed by atoms with Crippen LogP contribution in [-0.2, 0) is 16.4 Å². The molecule has 108 valence electrons. The van der Waals surface area contributed by atoms with Gasteiger partial charge in [-0.05, 0) is 18.2 Å². The van der Waals surface area contributed by atoms with Gasteiger partial charge in [-0.2, -0.15) is 8.42 Å². The maximum absolute atomic E-state index is 12.3. The molecule has 0 aliphatic carbocycles. The number of aromatic amines is 1. The lowest BCUT2D eigenvalue weighted by Gasteiger charge is -2.11. The van der Waals surface area contributed by atoms with Crippen molar-refractivity contribution >= 4 is 31.6 Å². The van der Waals surface area contributed by atoms with Crippen LogP contribution >= 0.6 is 15.9 Å². The fourth-order valence-electron chi connectivity index (χ4n) is 1.62. The number of nitrogens with one attached hydrogen (secondary N) is 2. The van der Waals surface area contributed by atoms with Crippen LogP contribution in [0.5, 0.6) is 5.75 Å². The average molecular weight is 360 g/mol. The van der Waals surface area contributed by atoms with E-state index in [0.717, 1.165) is 4.47 Å². The van der Waals surface area contributed by atoms with Gasteiger partial charge < -0.3 is 9.72 Å². The number of aryl methyl sites for hydroxylation is 1. The van der Waals surface area contributed by atoms with E-state index in [0.29, 0.717) is 23.7 Å². The Labute approximate surface area is 125 Å². The van der Waals surface area contributed by atoms with Crippen LogP contribution in [0.3, 0.4) is 0 Å². The summed E-state index contributed by atoms with van der Waals surface area (Å²) in [6.45, 7) is 1.89. The predicted octanol–water partition coefficient (Wildman–Crippen LogP) is 2.54. The molecule has 0 atom stereocenters. The summed E-state index contributed by atoms with van der Waals surface area (Å²) in [5.74, 6) is 1.05. The van der Waals surface area contributed by atoms with Crippen molar-refractivity contribution in [1.82, 2.24) is 9.97 Å². The van der Waals surface area contributed by atoms with Gasteiger partial charge in [0, 0.05) is 10.9 Å². The van der Waals surface area contributed by atoms with Crippen molar-refractivity contribution in [2.75, 3.05) is 11.8 Å². The molecule has 0 aliphatic rings. The molecule has 0 radical (unpaired) electrons. The van der Waals surface area contributed by atoms with Crippen LogP contribution in [0, 0.1) is 0 Å². The van der Waals surface area contributed by atoms with E-state index in [1.54, 1.807) is 18.2 Å². The first-order valence-electron chi connectivity index (χ1n) is 5.86. The van der Waals surface area contributed by atoms with Gasteiger partial charge in [-0.1, -0.05) is 22.9 Å². The quantitative estimate of drug-likeness (QED) is 0.858. The third-order valence-corrected chi connectivity index (χ3v) is 4.40. The lowest BCUT2D eigenvalue weighted by Crippen LogP contribution is -2.14. The zero-order valence-electron chi connectivity index (χ0n) is 11.0. The van der Waals surface area contributed by atoms with Gasteiger partial charge in [0.15, 0.2) is 5.03 Å². The number of aromatic nitrogens is 2. The molecule has 2 rings (SSSR count). The number of hydrogen-bond donors (Lipinski definition) is 2. The second-order valence-electron chi connectivity index (χ2n) is 4.00. The number of H-pyrrole nitrogens is 1. The summed E-state index contributed by atoms with van der Waals surface area (Å²) in [6.07, 6.45) is 1.93. The van der Waals surface area contributed by atoms with Gasteiger partial charge in [-0.3, -0.25) is 4.72 Å². The van der Waals surface area contributed by atoms with E-state index in [1.165, 1.54) is 13.3 Å². The molecule has 2 aromatic rings. The molecule has 0 aliphatic heterocycles. The molecular weight excluding hydrogens is 346 g/mol. The van der Waals surface area contributed by atoms with Crippen LogP contribution < -0.4 is 9.46 Å². The van der Waals surface area contributed by atoms with Crippen molar-refractivity contribution in [3.63, 3.8) is 0 Å². The third-order valence-electron chi connectivity index (χ3n) is 2.64. The van der Waals surface area contributed by atoms with E-state index >= 15 is 0 Å². The normalized spacial score (nSPS) is 11.3. The maximum atomic E-state index is 12.3. The van der Waals surface area contributed by atoms with E-state index in [-0.39, 0.29) is 5.03 Å². The topological polar surface area (TPSA) is 84.1 Å². The Bertz CT molecular complexity index is 712. The highest BCUT2D eigenvalue weighted by Crippen LogP contribution is 2.29. The van der Waals surface area contributed by atoms with Crippen molar-refractivity contribution in [3.8, 4) is 5.75 Å². The SMILES string of the molecule is CCc1ncc(S(=O)(=O)Nc2cc(Br)ccc2OC)[nH]1. The Kier molecular flexibility index (Phi) is 4.34. The van der Waals surface area contributed by atoms with Gasteiger partial charge in [0.1, 0.15) is 11.6 Å². The summed E-state index contributed by atoms with van der Waals surface area (Å²) in [7, 11) is -2.24. The Morgan fingerprint density at radius 1 is 1.45 bits per heavy atom. The molecule has 0 saturated heterocycles. The molecule has 1 aromatic heterocycles. The molecule has 6 nitrogen and oxygen atoms in total. The largest absolute Gasteiger partial charge is 0.495 e. The molecule has 0 unspecified atom stereocenters. The minimum Gasteiger partial charge on any atom is -0.495 e. The number of methoxy groups -OCH3 is 1. The molecular formula is C12H14BrN3O3S. The first-order valence-corrected chi connectivity index (χ1v) is 8.14. The monoisotopic (exact) mass is 359 g/mol. The summed E-state index contributed by atoms with van der Waals surface area (Å²) in [5, 5.41) is 0.0244. The molecule has 8 heteroatoms. The standard InChI is InChI=1S/C12H14BrN3O3S/c1-3-11-14-7-12(15-11)20(17,18)16-9-6-8(13)4-5-10(9)19-2/h4-7,16H,3H2,1-2H3,(H,14,15). The number of nitrogens with zero attached hydrogens (tertiary/aromatic N) is 1. The van der Waals surface area contributed by atoms with E-state index in [2.05, 4.69) is 30.6 Å². The number of ether oxygens (including phenoxy) is 1. The van der Waals surface area contributed by atoms with Gasteiger partial charge >= 0.3 is 0 Å². The summed E-state index contributed by atoms with van der Waals surface area (Å²) in [4.78, 5) is 6.75. The summed E-state index contributed by atoms with van der Waals surface area (Å²) < 4.78 is 32.9. The molecule has 1 aromatic carbocycles. The van der Waals surface area contributed by atoms with E-state index in [9.17, 15) is 8.42 Å². The minimum atomic E-state index is -3.72. The van der Waals surface area contributed by atoms with Crippen molar-refractivity contribution < 1.29 is 13.2 Å². The van der Waals surface area contributed by atoms with E-state index < -0.39 is 10.0 Å². The lowest BCUT2D eigenvalue weighted by atomic mass is 10.3. The van der Waals surface area contributed by atoms with Gasteiger partial charge in [0.25, 0.3) is 10.0 Å². The molecule has 1 heterocycles. The Hall–Kier alpha value is -1.54. The molecule has 2 N–H and O–H groups in total. The van der Waals surface area contributed by atoms with Gasteiger partial charge in [0.2, 0.25) is 0 Å². The summed E-state index contributed by atoms with van der Waals surface area (Å²) in [6, 6.07) is 5.07. The molecule has 0 bridgehead atoms.